The number of aryl methyl sites for hydroxylation is 2. The normalized spacial score (nSPS) is 19.7. The van der Waals surface area contributed by atoms with Crippen LogP contribution in [0.1, 0.15) is 30.4 Å². The molecule has 0 unspecified atom stereocenters. The van der Waals surface area contributed by atoms with Crippen LogP contribution in [0.15, 0.2) is 24.4 Å². The number of nitrogens with one attached hydrogen (secondary N) is 1. The van der Waals surface area contributed by atoms with Crippen molar-refractivity contribution in [1.82, 2.24) is 9.88 Å². The van der Waals surface area contributed by atoms with Crippen LogP contribution >= 0.6 is 0 Å². The Hall–Kier alpha value is -1.33. The number of likely N-dealkylation sites (tertiary alicyclic amines) is 1. The second-order valence-electron chi connectivity index (χ2n) is 6.89. The first-order valence-corrected chi connectivity index (χ1v) is 10.5. The minimum absolute atomic E-state index is 0.213. The monoisotopic (exact) mass is 334 g/mol. The SMILES string of the molecule is CN1CCC[C@H]1CCc1c[nH]c2ccc(CCS(C)(=O)=O)cc12. The number of sulfone groups is 1. The molecular formula is C18H26N2O2S. The second kappa shape index (κ2) is 6.65. The van der Waals surface area contributed by atoms with Crippen molar-refractivity contribution in [3.63, 3.8) is 0 Å². The van der Waals surface area contributed by atoms with Crippen LogP contribution in [0.3, 0.4) is 0 Å². The molecule has 0 aliphatic carbocycles. The topological polar surface area (TPSA) is 53.2 Å². The van der Waals surface area contributed by atoms with Gasteiger partial charge in [-0.1, -0.05) is 6.07 Å². The Morgan fingerprint density at radius 2 is 2.13 bits per heavy atom. The first-order valence-electron chi connectivity index (χ1n) is 8.39. The van der Waals surface area contributed by atoms with Crippen molar-refractivity contribution in [1.29, 1.82) is 0 Å². The van der Waals surface area contributed by atoms with Gasteiger partial charge < -0.3 is 9.88 Å². The van der Waals surface area contributed by atoms with Crippen LogP contribution in [0, 0.1) is 0 Å². The average molecular weight is 334 g/mol. The van der Waals surface area contributed by atoms with Gasteiger partial charge in [-0.3, -0.25) is 0 Å². The maximum Gasteiger partial charge on any atom is 0.147 e. The molecule has 1 atom stereocenters. The Labute approximate surface area is 138 Å². The largest absolute Gasteiger partial charge is 0.361 e. The van der Waals surface area contributed by atoms with Crippen molar-refractivity contribution < 1.29 is 8.42 Å². The maximum absolute atomic E-state index is 11.4. The van der Waals surface area contributed by atoms with Crippen molar-refractivity contribution in [2.24, 2.45) is 0 Å². The molecule has 0 saturated carbocycles. The Morgan fingerprint density at radius 1 is 1.30 bits per heavy atom. The second-order valence-corrected chi connectivity index (χ2v) is 9.15. The van der Waals surface area contributed by atoms with E-state index in [9.17, 15) is 8.42 Å². The average Bonchev–Trinajstić information content (AvgIpc) is 3.08. The molecule has 2 heterocycles. The molecule has 0 spiro atoms. The zero-order valence-corrected chi connectivity index (χ0v) is 14.8. The lowest BCUT2D eigenvalue weighted by molar-refractivity contribution is 0.297. The summed E-state index contributed by atoms with van der Waals surface area (Å²) in [7, 11) is -0.695. The van der Waals surface area contributed by atoms with Crippen molar-refractivity contribution in [2.45, 2.75) is 38.1 Å². The number of hydrogen-bond acceptors (Lipinski definition) is 3. The van der Waals surface area contributed by atoms with Gasteiger partial charge in [0.1, 0.15) is 9.84 Å². The van der Waals surface area contributed by atoms with Gasteiger partial charge in [-0.2, -0.15) is 0 Å². The molecule has 1 fully saturated rings. The van der Waals surface area contributed by atoms with Crippen LogP contribution in [0.2, 0.25) is 0 Å². The Bertz CT molecular complexity index is 779. The summed E-state index contributed by atoms with van der Waals surface area (Å²) in [6.45, 7) is 1.22. The molecule has 1 N–H and O–H groups in total. The lowest BCUT2D eigenvalue weighted by Gasteiger charge is -2.18. The fourth-order valence-corrected chi connectivity index (χ4v) is 4.16. The molecular weight excluding hydrogens is 308 g/mol. The molecule has 5 heteroatoms. The van der Waals surface area contributed by atoms with Gasteiger partial charge in [0, 0.05) is 29.4 Å². The molecule has 3 rings (SSSR count). The number of fused-ring (bicyclic) bond motifs is 1. The summed E-state index contributed by atoms with van der Waals surface area (Å²) < 4.78 is 22.7. The lowest BCUT2D eigenvalue weighted by Crippen LogP contribution is -2.25. The van der Waals surface area contributed by atoms with Crippen molar-refractivity contribution >= 4 is 20.7 Å². The lowest BCUT2D eigenvalue weighted by atomic mass is 10.0. The van der Waals surface area contributed by atoms with Gasteiger partial charge in [0.05, 0.1) is 5.75 Å². The van der Waals surface area contributed by atoms with Gasteiger partial charge >= 0.3 is 0 Å². The number of nitrogens with zero attached hydrogens (tertiary/aromatic N) is 1. The van der Waals surface area contributed by atoms with E-state index in [2.05, 4.69) is 35.3 Å². The predicted molar refractivity (Wildman–Crippen MR) is 95.7 cm³/mol. The standard InChI is InChI=1S/C18H26N2O2S/c1-20-10-3-4-16(20)7-6-15-13-19-18-8-5-14(12-17(15)18)9-11-23(2,21)22/h5,8,12-13,16,19H,3-4,6-7,9-11H2,1-2H3/t16-/m0/s1. The fraction of sp³-hybridized carbons (Fsp3) is 0.556. The molecule has 1 aromatic heterocycles. The molecule has 4 nitrogen and oxygen atoms in total. The van der Waals surface area contributed by atoms with Crippen LogP contribution < -0.4 is 0 Å². The third-order valence-corrected chi connectivity index (χ3v) is 5.96. The maximum atomic E-state index is 11.4. The molecule has 0 amide bonds. The minimum atomic E-state index is -2.91. The zero-order chi connectivity index (χ0) is 16.4. The number of aromatic nitrogens is 1. The van der Waals surface area contributed by atoms with Crippen LogP contribution in [0.25, 0.3) is 10.9 Å². The summed E-state index contributed by atoms with van der Waals surface area (Å²) in [6.07, 6.45) is 8.88. The molecule has 126 valence electrons. The summed E-state index contributed by atoms with van der Waals surface area (Å²) in [4.78, 5) is 5.81. The van der Waals surface area contributed by atoms with E-state index in [-0.39, 0.29) is 5.75 Å². The number of aromatic amines is 1. The van der Waals surface area contributed by atoms with E-state index in [1.54, 1.807) is 0 Å². The highest BCUT2D eigenvalue weighted by Gasteiger charge is 2.20. The highest BCUT2D eigenvalue weighted by Crippen LogP contribution is 2.25. The van der Waals surface area contributed by atoms with E-state index < -0.39 is 9.84 Å². The van der Waals surface area contributed by atoms with Gasteiger partial charge in [0.2, 0.25) is 0 Å². The molecule has 2 aromatic rings. The summed E-state index contributed by atoms with van der Waals surface area (Å²) in [5.41, 5.74) is 3.59. The first kappa shape index (κ1) is 16.5. The summed E-state index contributed by atoms with van der Waals surface area (Å²) in [5, 5.41) is 1.25. The number of hydrogen-bond donors (Lipinski definition) is 1. The van der Waals surface area contributed by atoms with E-state index in [4.69, 9.17) is 0 Å². The molecule has 0 radical (unpaired) electrons. The van der Waals surface area contributed by atoms with E-state index in [0.717, 1.165) is 17.5 Å². The smallest absolute Gasteiger partial charge is 0.147 e. The highest BCUT2D eigenvalue weighted by atomic mass is 32.2. The third-order valence-electron chi connectivity index (χ3n) is 5.01. The van der Waals surface area contributed by atoms with Gasteiger partial charge in [-0.15, -0.1) is 0 Å². The molecule has 0 bridgehead atoms. The van der Waals surface area contributed by atoms with Crippen LogP contribution in [-0.2, 0) is 22.7 Å². The van der Waals surface area contributed by atoms with Crippen molar-refractivity contribution in [2.75, 3.05) is 25.6 Å². The Balaban J connectivity index is 1.73. The van der Waals surface area contributed by atoms with Crippen molar-refractivity contribution in [3.8, 4) is 0 Å². The van der Waals surface area contributed by atoms with Crippen LogP contribution in [-0.4, -0.2) is 49.9 Å². The minimum Gasteiger partial charge on any atom is -0.361 e. The quantitative estimate of drug-likeness (QED) is 0.884. The molecule has 1 aromatic carbocycles. The van der Waals surface area contributed by atoms with E-state index in [0.29, 0.717) is 12.5 Å². The molecule has 1 aliphatic rings. The number of benzene rings is 1. The predicted octanol–water partition coefficient (Wildman–Crippen LogP) is 2.78. The Kier molecular flexibility index (Phi) is 4.78. The molecule has 1 aliphatic heterocycles. The summed E-state index contributed by atoms with van der Waals surface area (Å²) in [5.74, 6) is 0.213. The molecule has 23 heavy (non-hydrogen) atoms. The van der Waals surface area contributed by atoms with Crippen molar-refractivity contribution in [3.05, 3.63) is 35.5 Å². The first-order chi connectivity index (χ1) is 10.9. The fourth-order valence-electron chi connectivity index (χ4n) is 3.56. The van der Waals surface area contributed by atoms with E-state index >= 15 is 0 Å². The van der Waals surface area contributed by atoms with Gasteiger partial charge in [-0.05, 0) is 69.0 Å². The Morgan fingerprint density at radius 3 is 2.83 bits per heavy atom. The van der Waals surface area contributed by atoms with E-state index in [1.165, 1.54) is 43.0 Å². The molecule has 1 saturated heterocycles. The van der Waals surface area contributed by atoms with E-state index in [1.807, 2.05) is 6.07 Å². The summed E-state index contributed by atoms with van der Waals surface area (Å²) >= 11 is 0. The number of H-pyrrole nitrogens is 1. The van der Waals surface area contributed by atoms with Gasteiger partial charge in [0.25, 0.3) is 0 Å². The third kappa shape index (κ3) is 4.15. The van der Waals surface area contributed by atoms with Gasteiger partial charge in [0.15, 0.2) is 0 Å². The highest BCUT2D eigenvalue weighted by molar-refractivity contribution is 7.90. The number of rotatable bonds is 6. The summed E-state index contributed by atoms with van der Waals surface area (Å²) in [6, 6.07) is 6.95. The van der Waals surface area contributed by atoms with Crippen LogP contribution in [0.4, 0.5) is 0 Å². The zero-order valence-electron chi connectivity index (χ0n) is 14.0. The van der Waals surface area contributed by atoms with Crippen LogP contribution in [0.5, 0.6) is 0 Å². The van der Waals surface area contributed by atoms with Gasteiger partial charge in [-0.25, -0.2) is 8.42 Å².